The molecule has 28 heavy (non-hydrogen) atoms. The first-order valence-corrected chi connectivity index (χ1v) is 11.3. The minimum Gasteiger partial charge on any atom is -0.337 e. The van der Waals surface area contributed by atoms with Gasteiger partial charge in [-0.05, 0) is 77.9 Å². The van der Waals surface area contributed by atoms with Crippen molar-refractivity contribution in [3.63, 3.8) is 0 Å². The van der Waals surface area contributed by atoms with Gasteiger partial charge >= 0.3 is 0 Å². The Kier molecular flexibility index (Phi) is 6.31. The van der Waals surface area contributed by atoms with Gasteiger partial charge in [-0.2, -0.15) is 0 Å². The minimum absolute atomic E-state index is 0.0778. The van der Waals surface area contributed by atoms with Gasteiger partial charge in [0.05, 0.1) is 11.7 Å². The lowest BCUT2D eigenvalue weighted by Gasteiger charge is -2.39. The molecule has 4 rings (SSSR count). The molecule has 0 radical (unpaired) electrons. The predicted octanol–water partition coefficient (Wildman–Crippen LogP) is 2.24. The second-order valence-electron chi connectivity index (χ2n) is 9.05. The maximum absolute atomic E-state index is 13.2. The number of nitrogens with one attached hydrogen (secondary N) is 1. The van der Waals surface area contributed by atoms with Crippen LogP contribution in [0.1, 0.15) is 74.1 Å². The number of rotatable bonds is 4. The van der Waals surface area contributed by atoms with Gasteiger partial charge in [0, 0.05) is 25.7 Å². The van der Waals surface area contributed by atoms with E-state index in [2.05, 4.69) is 27.5 Å². The van der Waals surface area contributed by atoms with Gasteiger partial charge in [-0.3, -0.25) is 4.79 Å². The molecule has 1 amide bonds. The van der Waals surface area contributed by atoms with E-state index >= 15 is 0 Å². The third-order valence-electron chi connectivity index (χ3n) is 7.02. The summed E-state index contributed by atoms with van der Waals surface area (Å²) in [5, 5.41) is 12.1. The fourth-order valence-electron chi connectivity index (χ4n) is 5.25. The molecular formula is C21H36N6O. The monoisotopic (exact) mass is 388 g/mol. The molecule has 7 nitrogen and oxygen atoms in total. The third-order valence-corrected chi connectivity index (χ3v) is 7.02. The Hall–Kier alpha value is -1.47. The summed E-state index contributed by atoms with van der Waals surface area (Å²) in [5.74, 6) is 0.659. The third kappa shape index (κ3) is 4.25. The first-order valence-electron chi connectivity index (χ1n) is 11.3. The van der Waals surface area contributed by atoms with E-state index in [1.165, 1.54) is 32.2 Å². The number of nitrogens with zero attached hydrogens (tertiary/aromatic N) is 5. The van der Waals surface area contributed by atoms with Crippen molar-refractivity contribution in [2.45, 2.75) is 70.9 Å². The van der Waals surface area contributed by atoms with Gasteiger partial charge < -0.3 is 15.1 Å². The lowest BCUT2D eigenvalue weighted by atomic mass is 9.94. The molecule has 0 aliphatic carbocycles. The van der Waals surface area contributed by atoms with Crippen molar-refractivity contribution in [2.75, 3.05) is 39.3 Å². The lowest BCUT2D eigenvalue weighted by molar-refractivity contribution is 0.0588. The highest BCUT2D eigenvalue weighted by Gasteiger charge is 2.31. The fraction of sp³-hybridized carbons (Fsp3) is 0.857. The number of piperidine rings is 3. The van der Waals surface area contributed by atoms with Gasteiger partial charge in [0.2, 0.25) is 0 Å². The highest BCUT2D eigenvalue weighted by Crippen LogP contribution is 2.25. The van der Waals surface area contributed by atoms with Crippen LogP contribution < -0.4 is 5.32 Å². The summed E-state index contributed by atoms with van der Waals surface area (Å²) in [5.41, 5.74) is 1.49. The van der Waals surface area contributed by atoms with Crippen molar-refractivity contribution in [1.82, 2.24) is 30.1 Å². The Balaban J connectivity index is 1.39. The Labute approximate surface area is 168 Å². The van der Waals surface area contributed by atoms with Crippen molar-refractivity contribution < 1.29 is 4.79 Å². The fourth-order valence-corrected chi connectivity index (χ4v) is 5.25. The van der Waals surface area contributed by atoms with Crippen LogP contribution in [-0.2, 0) is 0 Å². The quantitative estimate of drug-likeness (QED) is 0.857. The molecule has 0 saturated carbocycles. The molecule has 7 heteroatoms. The van der Waals surface area contributed by atoms with Gasteiger partial charge in [0.25, 0.3) is 5.91 Å². The van der Waals surface area contributed by atoms with Crippen molar-refractivity contribution in [2.24, 2.45) is 5.92 Å². The molecule has 1 N–H and O–H groups in total. The zero-order valence-corrected chi connectivity index (χ0v) is 17.6. The summed E-state index contributed by atoms with van der Waals surface area (Å²) in [4.78, 5) is 17.9. The molecular weight excluding hydrogens is 352 g/mol. The largest absolute Gasteiger partial charge is 0.337 e. The van der Waals surface area contributed by atoms with E-state index in [1.54, 1.807) is 0 Å². The van der Waals surface area contributed by atoms with Crippen LogP contribution in [0.4, 0.5) is 0 Å². The minimum atomic E-state index is 0.0778. The number of carbonyl (C=O) groups excluding carboxylic acids is 1. The van der Waals surface area contributed by atoms with Crippen molar-refractivity contribution in [3.05, 3.63) is 11.4 Å². The number of carbonyl (C=O) groups is 1. The molecule has 0 spiro atoms. The van der Waals surface area contributed by atoms with Crippen LogP contribution in [0.2, 0.25) is 0 Å². The van der Waals surface area contributed by atoms with E-state index in [-0.39, 0.29) is 5.91 Å². The maximum atomic E-state index is 13.2. The van der Waals surface area contributed by atoms with Gasteiger partial charge in [0.1, 0.15) is 0 Å². The van der Waals surface area contributed by atoms with Crippen LogP contribution in [-0.4, -0.2) is 76.0 Å². The molecule has 1 aromatic rings. The molecule has 1 aromatic heterocycles. The van der Waals surface area contributed by atoms with E-state index < -0.39 is 0 Å². The van der Waals surface area contributed by atoms with E-state index in [0.717, 1.165) is 57.7 Å². The predicted molar refractivity (Wildman–Crippen MR) is 109 cm³/mol. The van der Waals surface area contributed by atoms with E-state index in [4.69, 9.17) is 0 Å². The topological polar surface area (TPSA) is 66.3 Å². The summed E-state index contributed by atoms with van der Waals surface area (Å²) in [6.07, 6.45) is 8.43. The summed E-state index contributed by atoms with van der Waals surface area (Å²) in [6, 6.07) is 1.05. The number of hydrogen-bond donors (Lipinski definition) is 1. The molecule has 2 unspecified atom stereocenters. The molecule has 3 aliphatic rings. The molecule has 3 aliphatic heterocycles. The summed E-state index contributed by atoms with van der Waals surface area (Å²) in [6.45, 7) is 10.4. The normalized spacial score (nSPS) is 27.9. The first kappa shape index (κ1) is 19.8. The second kappa shape index (κ2) is 8.91. The second-order valence-corrected chi connectivity index (χ2v) is 9.05. The van der Waals surface area contributed by atoms with Crippen LogP contribution in [0.15, 0.2) is 0 Å². The summed E-state index contributed by atoms with van der Waals surface area (Å²) >= 11 is 0. The zero-order chi connectivity index (χ0) is 19.5. The lowest BCUT2D eigenvalue weighted by Crippen LogP contribution is -2.47. The maximum Gasteiger partial charge on any atom is 0.276 e. The average Bonchev–Trinajstić information content (AvgIpc) is 3.11. The number of likely N-dealkylation sites (tertiary alicyclic amines) is 2. The molecule has 4 heterocycles. The Bertz CT molecular complexity index is 668. The molecule has 3 fully saturated rings. The van der Waals surface area contributed by atoms with E-state index in [9.17, 15) is 4.79 Å². The Morgan fingerprint density at radius 2 is 1.93 bits per heavy atom. The van der Waals surface area contributed by atoms with Gasteiger partial charge in [-0.15, -0.1) is 5.10 Å². The summed E-state index contributed by atoms with van der Waals surface area (Å²) < 4.78 is 1.99. The zero-order valence-electron chi connectivity index (χ0n) is 17.6. The van der Waals surface area contributed by atoms with Crippen molar-refractivity contribution >= 4 is 5.91 Å². The van der Waals surface area contributed by atoms with Gasteiger partial charge in [0.15, 0.2) is 5.69 Å². The molecule has 3 saturated heterocycles. The van der Waals surface area contributed by atoms with Gasteiger partial charge in [-0.1, -0.05) is 11.6 Å². The van der Waals surface area contributed by atoms with Crippen LogP contribution in [0.25, 0.3) is 0 Å². The van der Waals surface area contributed by atoms with Crippen LogP contribution in [0.5, 0.6) is 0 Å². The van der Waals surface area contributed by atoms with Crippen molar-refractivity contribution in [1.29, 1.82) is 0 Å². The van der Waals surface area contributed by atoms with Crippen LogP contribution >= 0.6 is 0 Å². The molecule has 0 aromatic carbocycles. The first-order chi connectivity index (χ1) is 13.6. The number of aromatic nitrogens is 3. The molecule has 156 valence electrons. The van der Waals surface area contributed by atoms with Crippen molar-refractivity contribution in [3.8, 4) is 0 Å². The van der Waals surface area contributed by atoms with Gasteiger partial charge in [-0.25, -0.2) is 4.68 Å². The SMILES string of the molecule is Cc1c(C(=O)N2CCCC(CN3CCCCC3C)C2)nnn1C1CCNCC1. The smallest absolute Gasteiger partial charge is 0.276 e. The average molecular weight is 389 g/mol. The molecule has 0 bridgehead atoms. The highest BCUT2D eigenvalue weighted by atomic mass is 16.2. The standard InChI is InChI=1S/C21H36N6O/c1-16-6-3-4-12-25(16)14-18-7-5-13-26(15-18)21(28)20-17(2)27(24-23-20)19-8-10-22-11-9-19/h16,18-19,22H,3-15H2,1-2H3. The van der Waals surface area contributed by atoms with E-state index in [1.807, 2.05) is 16.5 Å². The number of amides is 1. The number of hydrogen-bond acceptors (Lipinski definition) is 5. The Morgan fingerprint density at radius 3 is 2.71 bits per heavy atom. The molecule has 2 atom stereocenters. The van der Waals surface area contributed by atoms with E-state index in [0.29, 0.717) is 23.7 Å². The van der Waals surface area contributed by atoms with Crippen LogP contribution in [0.3, 0.4) is 0 Å². The Morgan fingerprint density at radius 1 is 1.11 bits per heavy atom. The highest BCUT2D eigenvalue weighted by molar-refractivity contribution is 5.93. The summed E-state index contributed by atoms with van der Waals surface area (Å²) in [7, 11) is 0. The van der Waals surface area contributed by atoms with Crippen LogP contribution in [0, 0.1) is 12.8 Å².